The van der Waals surface area contributed by atoms with Crippen LogP contribution >= 0.6 is 24.2 Å². The number of anilines is 2. The Bertz CT molecular complexity index is 941. The van der Waals surface area contributed by atoms with Gasteiger partial charge in [-0.15, -0.1) is 12.4 Å². The second kappa shape index (κ2) is 13.2. The molecule has 0 unspecified atom stereocenters. The lowest BCUT2D eigenvalue weighted by molar-refractivity contribution is -0.137. The molecule has 0 spiro atoms. The zero-order valence-electron chi connectivity index (χ0n) is 20.0. The smallest absolute Gasteiger partial charge is 0.383 e. The fraction of sp³-hybridized carbons (Fsp3) is 0.520. The first-order valence-corrected chi connectivity index (χ1v) is 12.7. The average molecular weight is 531 g/mol. The number of methoxy groups -OCH3 is 1. The maximum absolute atomic E-state index is 13.4. The number of alkyl halides is 3. The first-order valence-electron chi connectivity index (χ1n) is 11.9. The number of halogens is 4. The number of benzene rings is 2. The molecule has 2 aliphatic rings. The van der Waals surface area contributed by atoms with Gasteiger partial charge >= 0.3 is 6.18 Å². The maximum atomic E-state index is 13.4. The van der Waals surface area contributed by atoms with E-state index in [1.807, 2.05) is 24.3 Å². The lowest BCUT2D eigenvalue weighted by Gasteiger charge is -2.36. The first kappa shape index (κ1) is 28.1. The molecular weight excluding hydrogens is 497 g/mol. The van der Waals surface area contributed by atoms with Crippen molar-refractivity contribution in [3.63, 3.8) is 0 Å². The summed E-state index contributed by atoms with van der Waals surface area (Å²) in [7, 11) is 1.71. The number of hydrogen-bond donors (Lipinski definition) is 1. The van der Waals surface area contributed by atoms with Crippen LogP contribution in [0.3, 0.4) is 0 Å². The van der Waals surface area contributed by atoms with Crippen LogP contribution in [-0.4, -0.2) is 82.4 Å². The van der Waals surface area contributed by atoms with Gasteiger partial charge in [0.1, 0.15) is 0 Å². The van der Waals surface area contributed by atoms with Crippen molar-refractivity contribution >= 4 is 35.5 Å². The molecule has 0 bridgehead atoms. The number of nitrogens with one attached hydrogen (secondary N) is 1. The Balaban J connectivity index is 0.00000342. The molecule has 0 saturated carbocycles. The molecule has 1 N–H and O–H groups in total. The van der Waals surface area contributed by atoms with Crippen molar-refractivity contribution in [1.29, 1.82) is 0 Å². The Morgan fingerprint density at radius 3 is 2.29 bits per heavy atom. The summed E-state index contributed by atoms with van der Waals surface area (Å²) in [6, 6.07) is 12.1. The summed E-state index contributed by atoms with van der Waals surface area (Å²) in [6.07, 6.45) is -3.45. The number of hydrogen-bond acceptors (Lipinski definition) is 6. The summed E-state index contributed by atoms with van der Waals surface area (Å²) in [4.78, 5) is 8.97. The van der Waals surface area contributed by atoms with E-state index in [9.17, 15) is 13.2 Å². The number of piperazine rings is 1. The van der Waals surface area contributed by atoms with Crippen molar-refractivity contribution in [3.8, 4) is 0 Å². The van der Waals surface area contributed by atoms with Gasteiger partial charge < -0.3 is 19.9 Å². The lowest BCUT2D eigenvalue weighted by Crippen LogP contribution is -2.48. The minimum atomic E-state index is -4.35. The van der Waals surface area contributed by atoms with Gasteiger partial charge in [-0.2, -0.15) is 13.2 Å². The molecular formula is C25H34ClF3N4OS. The van der Waals surface area contributed by atoms with Crippen LogP contribution in [0, 0.1) is 0 Å². The summed E-state index contributed by atoms with van der Waals surface area (Å²) in [5.41, 5.74) is 1.05. The first-order chi connectivity index (χ1) is 16.5. The topological polar surface area (TPSA) is 31.0 Å². The molecule has 2 aromatic carbocycles. The highest BCUT2D eigenvalue weighted by molar-refractivity contribution is 7.99. The monoisotopic (exact) mass is 530 g/mol. The highest BCUT2D eigenvalue weighted by Crippen LogP contribution is 2.49. The third-order valence-corrected chi connectivity index (χ3v) is 7.49. The highest BCUT2D eigenvalue weighted by Gasteiger charge is 2.33. The number of nitrogens with zero attached hydrogens (tertiary/aromatic N) is 3. The second-order valence-corrected chi connectivity index (χ2v) is 9.77. The van der Waals surface area contributed by atoms with E-state index in [4.69, 9.17) is 4.74 Å². The van der Waals surface area contributed by atoms with E-state index in [-0.39, 0.29) is 12.4 Å². The van der Waals surface area contributed by atoms with E-state index in [0.29, 0.717) is 12.2 Å². The van der Waals surface area contributed by atoms with E-state index in [1.165, 1.54) is 12.1 Å². The molecule has 0 aromatic heterocycles. The molecule has 4 rings (SSSR count). The van der Waals surface area contributed by atoms with Crippen LogP contribution in [0.15, 0.2) is 52.3 Å². The maximum Gasteiger partial charge on any atom is 0.416 e. The second-order valence-electron chi connectivity index (χ2n) is 8.68. The van der Waals surface area contributed by atoms with Gasteiger partial charge in [-0.05, 0) is 43.3 Å². The van der Waals surface area contributed by atoms with Crippen LogP contribution in [0.5, 0.6) is 0 Å². The third kappa shape index (κ3) is 7.50. The number of para-hydroxylation sites is 1. The van der Waals surface area contributed by atoms with E-state index in [0.717, 1.165) is 80.9 Å². The van der Waals surface area contributed by atoms with Gasteiger partial charge in [0.15, 0.2) is 0 Å². The van der Waals surface area contributed by atoms with Gasteiger partial charge in [0.25, 0.3) is 0 Å². The number of fused-ring (bicyclic) bond motifs is 2. The van der Waals surface area contributed by atoms with Crippen LogP contribution in [0.2, 0.25) is 0 Å². The van der Waals surface area contributed by atoms with Crippen molar-refractivity contribution < 1.29 is 17.9 Å². The molecule has 0 radical (unpaired) electrons. The lowest BCUT2D eigenvalue weighted by atomic mass is 10.1. The zero-order chi connectivity index (χ0) is 24.0. The molecule has 1 fully saturated rings. The van der Waals surface area contributed by atoms with Crippen LogP contribution in [-0.2, 0) is 10.9 Å². The molecule has 0 atom stereocenters. The van der Waals surface area contributed by atoms with Crippen molar-refractivity contribution in [1.82, 2.24) is 15.1 Å². The predicted octanol–water partition coefficient (Wildman–Crippen LogP) is 4.97. The third-order valence-electron chi connectivity index (χ3n) is 6.36. The van der Waals surface area contributed by atoms with Crippen LogP contribution < -0.4 is 10.2 Å². The molecule has 10 heteroatoms. The largest absolute Gasteiger partial charge is 0.416 e. The van der Waals surface area contributed by atoms with Crippen LogP contribution in [0.25, 0.3) is 0 Å². The average Bonchev–Trinajstić information content (AvgIpc) is 2.83. The van der Waals surface area contributed by atoms with Crippen molar-refractivity contribution in [2.75, 3.05) is 77.5 Å². The Kier molecular flexibility index (Phi) is 10.6. The highest BCUT2D eigenvalue weighted by atomic mass is 35.5. The van der Waals surface area contributed by atoms with Gasteiger partial charge in [-0.1, -0.05) is 23.9 Å². The summed E-state index contributed by atoms with van der Waals surface area (Å²) in [5.74, 6) is 0. The summed E-state index contributed by atoms with van der Waals surface area (Å²) < 4.78 is 45.2. The van der Waals surface area contributed by atoms with E-state index < -0.39 is 11.7 Å². The molecule has 1 saturated heterocycles. The Morgan fingerprint density at radius 2 is 1.57 bits per heavy atom. The fourth-order valence-electron chi connectivity index (χ4n) is 4.47. The van der Waals surface area contributed by atoms with Gasteiger partial charge in [0.05, 0.1) is 23.5 Å². The Morgan fingerprint density at radius 1 is 0.886 bits per heavy atom. The Labute approximate surface area is 216 Å². The van der Waals surface area contributed by atoms with Gasteiger partial charge in [-0.3, -0.25) is 4.90 Å². The van der Waals surface area contributed by atoms with Crippen LogP contribution in [0.4, 0.5) is 24.5 Å². The SMILES string of the molecule is COCCNCCN1CCN(CCCN2c3ccccc3Sc3ccc(C(F)(F)F)cc32)CC1.Cl. The minimum Gasteiger partial charge on any atom is -0.383 e. The number of ether oxygens (including phenoxy) is 1. The standard InChI is InChI=1S/C25H33F3N4OS.ClH/c1-33-18-10-29-9-13-31-16-14-30(15-17-31)11-4-12-32-21-5-2-3-6-23(21)34-24-8-7-20(19-22(24)32)25(26,27)28;/h2-3,5-8,19,29H,4,9-18H2,1H3;1H. The van der Waals surface area contributed by atoms with Gasteiger partial charge in [0.2, 0.25) is 0 Å². The molecule has 2 heterocycles. The van der Waals surface area contributed by atoms with E-state index >= 15 is 0 Å². The van der Waals surface area contributed by atoms with Crippen molar-refractivity contribution in [2.24, 2.45) is 0 Å². The van der Waals surface area contributed by atoms with Gasteiger partial charge in [0, 0.05) is 69.3 Å². The van der Waals surface area contributed by atoms with Crippen molar-refractivity contribution in [3.05, 3.63) is 48.0 Å². The number of rotatable bonds is 10. The molecule has 194 valence electrons. The van der Waals surface area contributed by atoms with E-state index in [1.54, 1.807) is 24.9 Å². The fourth-order valence-corrected chi connectivity index (χ4v) is 5.55. The van der Waals surface area contributed by atoms with E-state index in [2.05, 4.69) is 20.0 Å². The van der Waals surface area contributed by atoms with Gasteiger partial charge in [-0.25, -0.2) is 0 Å². The Hall–Kier alpha value is -1.49. The molecule has 0 aliphatic carbocycles. The molecule has 0 amide bonds. The molecule has 35 heavy (non-hydrogen) atoms. The summed E-state index contributed by atoms with van der Waals surface area (Å²) in [6.45, 7) is 9.40. The molecule has 2 aliphatic heterocycles. The molecule has 5 nitrogen and oxygen atoms in total. The van der Waals surface area contributed by atoms with Crippen LogP contribution in [0.1, 0.15) is 12.0 Å². The predicted molar refractivity (Wildman–Crippen MR) is 139 cm³/mol. The van der Waals surface area contributed by atoms with Crippen molar-refractivity contribution in [2.45, 2.75) is 22.4 Å². The zero-order valence-corrected chi connectivity index (χ0v) is 21.7. The molecule has 2 aromatic rings. The summed E-state index contributed by atoms with van der Waals surface area (Å²) in [5, 5.41) is 3.39. The normalized spacial score (nSPS) is 16.5. The minimum absolute atomic E-state index is 0. The summed E-state index contributed by atoms with van der Waals surface area (Å²) >= 11 is 1.54. The quantitative estimate of drug-likeness (QED) is 0.436.